The number of sulfonamides is 1. The molecule has 0 saturated carbocycles. The molecule has 0 heterocycles. The lowest BCUT2D eigenvalue weighted by molar-refractivity contribution is -0.120. The van der Waals surface area contributed by atoms with E-state index in [2.05, 4.69) is 18.3 Å². The van der Waals surface area contributed by atoms with Crippen LogP contribution in [0.1, 0.15) is 61.4 Å². The number of hydrogen-bond acceptors (Lipinski definition) is 3. The predicted octanol–water partition coefficient (Wildman–Crippen LogP) is 4.46. The maximum atomic E-state index is 12.8. The van der Waals surface area contributed by atoms with Gasteiger partial charge in [-0.2, -0.15) is 0 Å². The molecule has 0 aromatic heterocycles. The lowest BCUT2D eigenvalue weighted by Crippen LogP contribution is -2.42. The molecular weight excluding hydrogens is 384 g/mol. The van der Waals surface area contributed by atoms with E-state index in [4.69, 9.17) is 0 Å². The van der Waals surface area contributed by atoms with E-state index in [1.54, 1.807) is 12.1 Å². The average molecular weight is 417 g/mol. The molecule has 1 amide bonds. The van der Waals surface area contributed by atoms with Gasteiger partial charge in [-0.25, -0.2) is 8.42 Å². The Morgan fingerprint density at radius 1 is 1.07 bits per heavy atom. The van der Waals surface area contributed by atoms with Crippen molar-refractivity contribution < 1.29 is 13.2 Å². The number of carbonyl (C=O) groups excluding carboxylic acids is 1. The van der Waals surface area contributed by atoms with E-state index in [1.807, 2.05) is 52.0 Å². The molecule has 0 unspecified atom stereocenters. The molecule has 0 radical (unpaired) electrons. The summed E-state index contributed by atoms with van der Waals surface area (Å²) in [5.41, 5.74) is 4.84. The minimum atomic E-state index is -3.62. The first kappa shape index (κ1) is 22.9. The second kappa shape index (κ2) is 9.44. The fourth-order valence-electron chi connectivity index (χ4n) is 3.36. The van der Waals surface area contributed by atoms with Crippen molar-refractivity contribution in [2.45, 2.75) is 53.0 Å². The van der Waals surface area contributed by atoms with Gasteiger partial charge in [-0.3, -0.25) is 9.10 Å². The van der Waals surface area contributed by atoms with Gasteiger partial charge < -0.3 is 5.32 Å². The molecule has 6 heteroatoms. The number of hydrogen-bond donors (Lipinski definition) is 1. The van der Waals surface area contributed by atoms with Crippen LogP contribution in [-0.4, -0.2) is 27.1 Å². The highest BCUT2D eigenvalue weighted by atomic mass is 32.2. The zero-order valence-corrected chi connectivity index (χ0v) is 19.0. The van der Waals surface area contributed by atoms with Crippen molar-refractivity contribution in [2.24, 2.45) is 0 Å². The van der Waals surface area contributed by atoms with Crippen LogP contribution in [0.4, 0.5) is 5.69 Å². The van der Waals surface area contributed by atoms with Gasteiger partial charge in [0.05, 0.1) is 18.0 Å². The molecule has 0 fully saturated rings. The number of rotatable bonds is 8. The van der Waals surface area contributed by atoms with Gasteiger partial charge >= 0.3 is 0 Å². The van der Waals surface area contributed by atoms with Gasteiger partial charge in [0, 0.05) is 0 Å². The molecule has 2 aromatic rings. The van der Waals surface area contributed by atoms with Crippen LogP contribution >= 0.6 is 0 Å². The van der Waals surface area contributed by atoms with Crippen LogP contribution in [0.3, 0.4) is 0 Å². The van der Waals surface area contributed by atoms with E-state index in [1.165, 1.54) is 15.4 Å². The van der Waals surface area contributed by atoms with E-state index in [9.17, 15) is 13.2 Å². The summed E-state index contributed by atoms with van der Waals surface area (Å²) < 4.78 is 26.2. The largest absolute Gasteiger partial charge is 0.348 e. The Morgan fingerprint density at radius 3 is 2.28 bits per heavy atom. The third kappa shape index (κ3) is 5.82. The number of aryl methyl sites for hydroxylation is 2. The summed E-state index contributed by atoms with van der Waals surface area (Å²) in [5.74, 6) is -0.184. The molecule has 2 rings (SSSR count). The Hall–Kier alpha value is -2.34. The highest BCUT2D eigenvalue weighted by Gasteiger charge is 2.25. The summed E-state index contributed by atoms with van der Waals surface area (Å²) in [5, 5.41) is 3.01. The lowest BCUT2D eigenvalue weighted by Gasteiger charge is -2.27. The highest BCUT2D eigenvalue weighted by molar-refractivity contribution is 7.92. The summed E-state index contributed by atoms with van der Waals surface area (Å²) in [6, 6.07) is 13.3. The number of nitrogens with one attached hydrogen (secondary N) is 1. The van der Waals surface area contributed by atoms with Gasteiger partial charge in [0.1, 0.15) is 6.54 Å². The van der Waals surface area contributed by atoms with Crippen LogP contribution < -0.4 is 9.62 Å². The van der Waals surface area contributed by atoms with Crippen LogP contribution in [0, 0.1) is 13.8 Å². The predicted molar refractivity (Wildman–Crippen MR) is 120 cm³/mol. The highest BCUT2D eigenvalue weighted by Crippen LogP contribution is 2.29. The Balaban J connectivity index is 2.28. The van der Waals surface area contributed by atoms with Crippen LogP contribution in [0.25, 0.3) is 0 Å². The summed E-state index contributed by atoms with van der Waals surface area (Å²) in [6.07, 6.45) is 1.85. The molecule has 0 aliphatic rings. The van der Waals surface area contributed by atoms with E-state index in [-0.39, 0.29) is 24.4 Å². The van der Waals surface area contributed by atoms with Crippen LogP contribution in [-0.2, 0) is 14.8 Å². The normalized spacial score (nSPS) is 12.7. The Labute approximate surface area is 175 Å². The fraction of sp³-hybridized carbons (Fsp3) is 0.435. The number of para-hydroxylation sites is 1. The fourth-order valence-corrected chi connectivity index (χ4v) is 4.23. The molecule has 0 aliphatic carbocycles. The minimum Gasteiger partial charge on any atom is -0.348 e. The Morgan fingerprint density at radius 2 is 1.72 bits per heavy atom. The van der Waals surface area contributed by atoms with Gasteiger partial charge in [-0.05, 0) is 54.5 Å². The lowest BCUT2D eigenvalue weighted by atomic mass is 9.99. The van der Waals surface area contributed by atoms with Gasteiger partial charge in [0.25, 0.3) is 0 Å². The maximum absolute atomic E-state index is 12.8. The van der Waals surface area contributed by atoms with E-state index in [0.29, 0.717) is 5.69 Å². The van der Waals surface area contributed by atoms with E-state index in [0.717, 1.165) is 23.8 Å². The molecular formula is C23H32N2O3S. The van der Waals surface area contributed by atoms with Crippen molar-refractivity contribution in [2.75, 3.05) is 17.1 Å². The zero-order chi connectivity index (χ0) is 21.8. The number of carbonyl (C=O) groups is 1. The number of nitrogens with zero attached hydrogens (tertiary/aromatic N) is 1. The monoisotopic (exact) mass is 416 g/mol. The molecule has 0 aliphatic heterocycles. The smallest absolute Gasteiger partial charge is 0.241 e. The van der Waals surface area contributed by atoms with Crippen molar-refractivity contribution in [3.63, 3.8) is 0 Å². The van der Waals surface area contributed by atoms with Gasteiger partial charge in [-0.15, -0.1) is 0 Å². The van der Waals surface area contributed by atoms with E-state index >= 15 is 0 Å². The minimum absolute atomic E-state index is 0.137. The second-order valence-corrected chi connectivity index (χ2v) is 9.76. The van der Waals surface area contributed by atoms with Crippen molar-refractivity contribution in [1.29, 1.82) is 0 Å². The summed E-state index contributed by atoms with van der Waals surface area (Å²) in [6.45, 7) is 9.86. The third-order valence-electron chi connectivity index (χ3n) is 5.19. The number of anilines is 1. The molecule has 0 bridgehead atoms. The standard InChI is InChI=1S/C23H32N2O3S/c1-7-21(19-13-12-17(4)18(5)14-19)24-23(26)15-25(29(6,27)28)22-11-9-8-10-20(22)16(2)3/h8-14,16,21H,7,15H2,1-6H3,(H,24,26)/t21-/m1/s1. The maximum Gasteiger partial charge on any atom is 0.241 e. The third-order valence-corrected chi connectivity index (χ3v) is 6.32. The van der Waals surface area contributed by atoms with Gasteiger partial charge in [-0.1, -0.05) is 57.2 Å². The van der Waals surface area contributed by atoms with Crippen molar-refractivity contribution in [3.8, 4) is 0 Å². The van der Waals surface area contributed by atoms with Crippen molar-refractivity contribution >= 4 is 21.6 Å². The average Bonchev–Trinajstić information content (AvgIpc) is 2.65. The summed E-state index contributed by atoms with van der Waals surface area (Å²) in [7, 11) is -3.62. The first-order valence-electron chi connectivity index (χ1n) is 9.97. The molecule has 2 aromatic carbocycles. The molecule has 5 nitrogen and oxygen atoms in total. The first-order valence-corrected chi connectivity index (χ1v) is 11.8. The topological polar surface area (TPSA) is 66.5 Å². The molecule has 1 N–H and O–H groups in total. The quantitative estimate of drug-likeness (QED) is 0.691. The zero-order valence-electron chi connectivity index (χ0n) is 18.2. The molecule has 0 spiro atoms. The summed E-state index contributed by atoms with van der Waals surface area (Å²) in [4.78, 5) is 12.8. The number of amides is 1. The molecule has 29 heavy (non-hydrogen) atoms. The molecule has 0 saturated heterocycles. The van der Waals surface area contributed by atoms with Crippen LogP contribution in [0.15, 0.2) is 42.5 Å². The molecule has 1 atom stereocenters. The first-order chi connectivity index (χ1) is 13.5. The van der Waals surface area contributed by atoms with Gasteiger partial charge in [0.2, 0.25) is 15.9 Å². The second-order valence-electron chi connectivity index (χ2n) is 7.86. The Kier molecular flexibility index (Phi) is 7.47. The van der Waals surface area contributed by atoms with Gasteiger partial charge in [0.15, 0.2) is 0 Å². The number of benzene rings is 2. The summed E-state index contributed by atoms with van der Waals surface area (Å²) >= 11 is 0. The van der Waals surface area contributed by atoms with Crippen molar-refractivity contribution in [3.05, 3.63) is 64.7 Å². The van der Waals surface area contributed by atoms with E-state index < -0.39 is 10.0 Å². The SMILES string of the molecule is CC[C@@H](NC(=O)CN(c1ccccc1C(C)C)S(C)(=O)=O)c1ccc(C)c(C)c1. The van der Waals surface area contributed by atoms with Crippen molar-refractivity contribution in [1.82, 2.24) is 5.32 Å². The van der Waals surface area contributed by atoms with Crippen LogP contribution in [0.2, 0.25) is 0 Å². The van der Waals surface area contributed by atoms with Crippen LogP contribution in [0.5, 0.6) is 0 Å². The molecule has 158 valence electrons. The Bertz CT molecular complexity index is 968.